The molecule has 1 rings (SSSR count). The smallest absolute Gasteiger partial charge is 0.273 e. The summed E-state index contributed by atoms with van der Waals surface area (Å²) in [7, 11) is 3.31. The molecule has 0 unspecified atom stereocenters. The fourth-order valence-corrected chi connectivity index (χ4v) is 1.36. The zero-order chi connectivity index (χ0) is 14.3. The van der Waals surface area contributed by atoms with Crippen molar-refractivity contribution in [3.63, 3.8) is 0 Å². The van der Waals surface area contributed by atoms with E-state index in [1.54, 1.807) is 26.2 Å². The number of carbonyl (C=O) groups excluding carboxylic acids is 2. The van der Waals surface area contributed by atoms with Crippen LogP contribution in [0, 0.1) is 0 Å². The van der Waals surface area contributed by atoms with Gasteiger partial charge in [-0.05, 0) is 19.1 Å². The van der Waals surface area contributed by atoms with Crippen LogP contribution in [0.2, 0.25) is 0 Å². The first-order chi connectivity index (χ1) is 9.04. The summed E-state index contributed by atoms with van der Waals surface area (Å²) in [6, 6.07) is 3.27. The molecule has 0 aliphatic heterocycles. The maximum absolute atomic E-state index is 11.6. The van der Waals surface area contributed by atoms with E-state index < -0.39 is 0 Å². The van der Waals surface area contributed by atoms with Crippen molar-refractivity contribution in [1.29, 1.82) is 0 Å². The van der Waals surface area contributed by atoms with Crippen LogP contribution in [0.3, 0.4) is 0 Å². The molecule has 7 nitrogen and oxygen atoms in total. The Morgan fingerprint density at radius 2 is 2.00 bits per heavy atom. The van der Waals surface area contributed by atoms with Gasteiger partial charge in [0, 0.05) is 33.6 Å². The van der Waals surface area contributed by atoms with Crippen LogP contribution in [0.1, 0.15) is 23.8 Å². The molecule has 7 heteroatoms. The third-order valence-electron chi connectivity index (χ3n) is 2.32. The summed E-state index contributed by atoms with van der Waals surface area (Å²) in [6.07, 6.45) is 0.369. The molecule has 0 aliphatic carbocycles. The number of hydrogen-bond acceptors (Lipinski definition) is 5. The molecular formula is C12H19N5O2. The maximum Gasteiger partial charge on any atom is 0.273 e. The van der Waals surface area contributed by atoms with Crippen LogP contribution >= 0.6 is 0 Å². The molecule has 0 aliphatic rings. The van der Waals surface area contributed by atoms with Crippen LogP contribution in [0.25, 0.3) is 0 Å². The lowest BCUT2D eigenvalue weighted by Crippen LogP contribution is -2.25. The molecule has 0 aromatic carbocycles. The van der Waals surface area contributed by atoms with Crippen molar-refractivity contribution in [2.24, 2.45) is 0 Å². The van der Waals surface area contributed by atoms with Crippen LogP contribution < -0.4 is 10.6 Å². The lowest BCUT2D eigenvalue weighted by atomic mass is 10.3. The second kappa shape index (κ2) is 7.30. The Morgan fingerprint density at radius 3 is 2.53 bits per heavy atom. The largest absolute Gasteiger partial charge is 0.368 e. The van der Waals surface area contributed by atoms with Gasteiger partial charge in [0.05, 0.1) is 0 Å². The highest BCUT2D eigenvalue weighted by molar-refractivity contribution is 5.91. The summed E-state index contributed by atoms with van der Waals surface area (Å²) < 4.78 is 0. The van der Waals surface area contributed by atoms with Gasteiger partial charge in [0.15, 0.2) is 5.69 Å². The van der Waals surface area contributed by atoms with E-state index in [4.69, 9.17) is 0 Å². The number of aromatic nitrogens is 2. The average Bonchev–Trinajstić information content (AvgIpc) is 2.39. The molecule has 1 aromatic heterocycles. The predicted octanol–water partition coefficient (Wildman–Crippen LogP) is 0.116. The predicted molar refractivity (Wildman–Crippen MR) is 71.8 cm³/mol. The number of nitrogens with one attached hydrogen (secondary N) is 2. The molecule has 1 aromatic rings. The van der Waals surface area contributed by atoms with Crippen LogP contribution in [-0.2, 0) is 4.79 Å². The van der Waals surface area contributed by atoms with E-state index in [2.05, 4.69) is 20.8 Å². The van der Waals surface area contributed by atoms with Crippen molar-refractivity contribution in [2.45, 2.75) is 13.3 Å². The molecule has 0 spiro atoms. The summed E-state index contributed by atoms with van der Waals surface area (Å²) in [5.41, 5.74) is 0.291. The topological polar surface area (TPSA) is 87.2 Å². The normalized spacial score (nSPS) is 9.84. The van der Waals surface area contributed by atoms with Gasteiger partial charge in [-0.2, -0.15) is 0 Å². The highest BCUT2D eigenvalue weighted by Crippen LogP contribution is 2.03. The number of amides is 2. The lowest BCUT2D eigenvalue weighted by Gasteiger charge is -2.09. The highest BCUT2D eigenvalue weighted by atomic mass is 16.2. The number of hydrogen-bond donors (Lipinski definition) is 2. The second-order valence-corrected chi connectivity index (χ2v) is 4.13. The van der Waals surface area contributed by atoms with E-state index in [1.807, 2.05) is 6.92 Å². The number of carbonyl (C=O) groups is 2. The van der Waals surface area contributed by atoms with Crippen molar-refractivity contribution in [1.82, 2.24) is 20.4 Å². The van der Waals surface area contributed by atoms with Gasteiger partial charge in [0.2, 0.25) is 5.91 Å². The number of rotatable bonds is 6. The standard InChI is InChI=1S/C12H19N5O2/c1-4-13-11(18)7-8-14-10-6-5-9(15-16-10)12(19)17(2)3/h5-6H,4,7-8H2,1-3H3,(H,13,18)(H,14,16). The zero-order valence-corrected chi connectivity index (χ0v) is 11.4. The zero-order valence-electron chi connectivity index (χ0n) is 11.4. The Morgan fingerprint density at radius 1 is 1.26 bits per heavy atom. The minimum atomic E-state index is -0.193. The molecule has 104 valence electrons. The molecule has 0 bridgehead atoms. The van der Waals surface area contributed by atoms with E-state index in [0.717, 1.165) is 0 Å². The maximum atomic E-state index is 11.6. The molecule has 0 saturated carbocycles. The molecule has 19 heavy (non-hydrogen) atoms. The number of nitrogens with zero attached hydrogens (tertiary/aromatic N) is 3. The second-order valence-electron chi connectivity index (χ2n) is 4.13. The van der Waals surface area contributed by atoms with E-state index in [-0.39, 0.29) is 11.8 Å². The molecule has 1 heterocycles. The summed E-state index contributed by atoms with van der Waals surface area (Å²) in [6.45, 7) is 2.97. The van der Waals surface area contributed by atoms with Gasteiger partial charge in [0.1, 0.15) is 5.82 Å². The Bertz CT molecular complexity index is 430. The minimum absolute atomic E-state index is 0.0117. The van der Waals surface area contributed by atoms with Crippen LogP contribution in [0.4, 0.5) is 5.82 Å². The van der Waals surface area contributed by atoms with Gasteiger partial charge in [0.25, 0.3) is 5.91 Å². The fraction of sp³-hybridized carbons (Fsp3) is 0.500. The molecule has 0 fully saturated rings. The van der Waals surface area contributed by atoms with E-state index >= 15 is 0 Å². The van der Waals surface area contributed by atoms with Gasteiger partial charge < -0.3 is 15.5 Å². The average molecular weight is 265 g/mol. The van der Waals surface area contributed by atoms with Crippen molar-refractivity contribution in [3.8, 4) is 0 Å². The first-order valence-corrected chi connectivity index (χ1v) is 6.10. The summed E-state index contributed by atoms with van der Waals surface area (Å²) in [4.78, 5) is 24.2. The molecule has 2 N–H and O–H groups in total. The van der Waals surface area contributed by atoms with Gasteiger partial charge in [-0.25, -0.2) is 0 Å². The fourth-order valence-electron chi connectivity index (χ4n) is 1.36. The highest BCUT2D eigenvalue weighted by Gasteiger charge is 2.09. The monoisotopic (exact) mass is 265 g/mol. The first-order valence-electron chi connectivity index (χ1n) is 6.10. The third kappa shape index (κ3) is 4.90. The van der Waals surface area contributed by atoms with Crippen molar-refractivity contribution in [3.05, 3.63) is 17.8 Å². The third-order valence-corrected chi connectivity index (χ3v) is 2.32. The molecule has 0 radical (unpaired) electrons. The van der Waals surface area contributed by atoms with Gasteiger partial charge in [-0.15, -0.1) is 10.2 Å². The van der Waals surface area contributed by atoms with Crippen LogP contribution in [-0.4, -0.2) is 54.1 Å². The van der Waals surface area contributed by atoms with E-state index in [9.17, 15) is 9.59 Å². The van der Waals surface area contributed by atoms with Crippen molar-refractivity contribution in [2.75, 3.05) is 32.5 Å². The first kappa shape index (κ1) is 14.9. The van der Waals surface area contributed by atoms with Gasteiger partial charge in [-0.3, -0.25) is 9.59 Å². The summed E-state index contributed by atoms with van der Waals surface area (Å²) in [5.74, 6) is 0.336. The number of anilines is 1. The lowest BCUT2D eigenvalue weighted by molar-refractivity contribution is -0.120. The van der Waals surface area contributed by atoms with Crippen molar-refractivity contribution >= 4 is 17.6 Å². The quantitative estimate of drug-likeness (QED) is 0.762. The summed E-state index contributed by atoms with van der Waals surface area (Å²) in [5, 5.41) is 13.4. The van der Waals surface area contributed by atoms with E-state index in [0.29, 0.717) is 31.0 Å². The Kier molecular flexibility index (Phi) is 5.72. The van der Waals surface area contributed by atoms with E-state index in [1.165, 1.54) is 4.90 Å². The molecular weight excluding hydrogens is 246 g/mol. The van der Waals surface area contributed by atoms with Gasteiger partial charge in [-0.1, -0.05) is 0 Å². The van der Waals surface area contributed by atoms with Crippen LogP contribution in [0.5, 0.6) is 0 Å². The SMILES string of the molecule is CCNC(=O)CCNc1ccc(C(=O)N(C)C)nn1. The van der Waals surface area contributed by atoms with Crippen LogP contribution in [0.15, 0.2) is 12.1 Å². The summed E-state index contributed by atoms with van der Waals surface area (Å²) >= 11 is 0. The minimum Gasteiger partial charge on any atom is -0.368 e. The Labute approximate surface area is 112 Å². The molecule has 0 atom stereocenters. The Balaban J connectivity index is 2.44. The van der Waals surface area contributed by atoms with Crippen molar-refractivity contribution < 1.29 is 9.59 Å². The molecule has 2 amide bonds. The Hall–Kier alpha value is -2.18. The molecule has 0 saturated heterocycles. The van der Waals surface area contributed by atoms with Gasteiger partial charge >= 0.3 is 0 Å².